The lowest BCUT2D eigenvalue weighted by Crippen LogP contribution is -2.12. The molecule has 0 amide bonds. The van der Waals surface area contributed by atoms with Gasteiger partial charge in [-0.1, -0.05) is 12.1 Å². The summed E-state index contributed by atoms with van der Waals surface area (Å²) in [6.45, 7) is 0. The number of hydrogen-bond acceptors (Lipinski definition) is 4. The summed E-state index contributed by atoms with van der Waals surface area (Å²) in [7, 11) is -4.41. The number of halogens is 1. The van der Waals surface area contributed by atoms with E-state index in [2.05, 4.69) is 4.98 Å². The molecule has 3 aromatic rings. The highest BCUT2D eigenvalue weighted by molar-refractivity contribution is 7.87. The van der Waals surface area contributed by atoms with Gasteiger partial charge in [0.05, 0.1) is 11.1 Å². The monoisotopic (exact) mass is 389 g/mol. The maximum absolute atomic E-state index is 13.9. The van der Waals surface area contributed by atoms with Gasteiger partial charge >= 0.3 is 16.1 Å². The molecule has 2 N–H and O–H groups in total. The van der Waals surface area contributed by atoms with Crippen LogP contribution in [0.5, 0.6) is 5.75 Å². The van der Waals surface area contributed by atoms with Crippen molar-refractivity contribution in [3.63, 3.8) is 0 Å². The largest absolute Gasteiger partial charge is 0.478 e. The SMILES string of the molecule is O=C(O)c1ccc(OS(=O)(=O)c2ccccc2F)c2[nH]c3c(c12)CCCC3. The average Bonchev–Trinajstić information content (AvgIpc) is 3.02. The maximum Gasteiger partial charge on any atom is 0.342 e. The summed E-state index contributed by atoms with van der Waals surface area (Å²) in [6.07, 6.45) is 3.35. The van der Waals surface area contributed by atoms with Gasteiger partial charge in [-0.3, -0.25) is 0 Å². The molecule has 6 nitrogen and oxygen atoms in total. The van der Waals surface area contributed by atoms with Crippen molar-refractivity contribution in [2.45, 2.75) is 30.6 Å². The maximum atomic E-state index is 13.9. The molecule has 0 fully saturated rings. The number of aryl methyl sites for hydroxylation is 2. The molecule has 0 aliphatic heterocycles. The Morgan fingerprint density at radius 3 is 2.59 bits per heavy atom. The predicted molar refractivity (Wildman–Crippen MR) is 96.1 cm³/mol. The molecule has 1 aliphatic rings. The third kappa shape index (κ3) is 2.95. The summed E-state index contributed by atoms with van der Waals surface area (Å²) >= 11 is 0. The first kappa shape index (κ1) is 17.5. The minimum Gasteiger partial charge on any atom is -0.478 e. The van der Waals surface area contributed by atoms with E-state index >= 15 is 0 Å². The topological polar surface area (TPSA) is 96.5 Å². The van der Waals surface area contributed by atoms with Crippen molar-refractivity contribution in [3.05, 3.63) is 59.0 Å². The van der Waals surface area contributed by atoms with Crippen LogP contribution in [0, 0.1) is 5.82 Å². The van der Waals surface area contributed by atoms with Crippen LogP contribution in [0.3, 0.4) is 0 Å². The number of H-pyrrole nitrogens is 1. The second kappa shape index (κ2) is 6.38. The quantitative estimate of drug-likeness (QED) is 0.664. The van der Waals surface area contributed by atoms with Gasteiger partial charge in [-0.05, 0) is 55.5 Å². The van der Waals surface area contributed by atoms with Gasteiger partial charge in [-0.2, -0.15) is 8.42 Å². The number of hydrogen-bond donors (Lipinski definition) is 2. The third-order valence-corrected chi connectivity index (χ3v) is 6.02. The van der Waals surface area contributed by atoms with E-state index in [4.69, 9.17) is 4.18 Å². The molecule has 0 bridgehead atoms. The van der Waals surface area contributed by atoms with Crippen LogP contribution in [0.2, 0.25) is 0 Å². The molecule has 0 atom stereocenters. The van der Waals surface area contributed by atoms with Crippen molar-refractivity contribution in [2.75, 3.05) is 0 Å². The Morgan fingerprint density at radius 2 is 1.85 bits per heavy atom. The van der Waals surface area contributed by atoms with E-state index in [0.29, 0.717) is 17.3 Å². The van der Waals surface area contributed by atoms with E-state index in [1.54, 1.807) is 0 Å². The van der Waals surface area contributed by atoms with Gasteiger partial charge in [0.15, 0.2) is 5.75 Å². The van der Waals surface area contributed by atoms with Crippen LogP contribution in [0.15, 0.2) is 41.3 Å². The molecule has 2 aromatic carbocycles. The normalized spacial score (nSPS) is 14.1. The number of nitrogens with one attached hydrogen (secondary N) is 1. The Labute approximate surface area is 154 Å². The van der Waals surface area contributed by atoms with Crippen LogP contribution < -0.4 is 4.18 Å². The number of carbonyl (C=O) groups is 1. The highest BCUT2D eigenvalue weighted by Gasteiger charge is 2.26. The molecule has 0 radical (unpaired) electrons. The number of rotatable bonds is 4. The fourth-order valence-electron chi connectivity index (χ4n) is 3.55. The molecular formula is C19H16FNO5S. The number of aromatic nitrogens is 1. The zero-order valence-corrected chi connectivity index (χ0v) is 15.0. The summed E-state index contributed by atoms with van der Waals surface area (Å²) in [4.78, 5) is 14.2. The predicted octanol–water partition coefficient (Wildman–Crippen LogP) is 3.65. The summed E-state index contributed by atoms with van der Waals surface area (Å²) in [5.74, 6) is -2.06. The zero-order chi connectivity index (χ0) is 19.2. The smallest absolute Gasteiger partial charge is 0.342 e. The fourth-order valence-corrected chi connectivity index (χ4v) is 4.57. The molecule has 0 saturated heterocycles. The first-order chi connectivity index (χ1) is 12.9. The molecule has 1 heterocycles. The van der Waals surface area contributed by atoms with Gasteiger partial charge in [0, 0.05) is 11.1 Å². The average molecular weight is 389 g/mol. The second-order valence-corrected chi connectivity index (χ2v) is 7.94. The van der Waals surface area contributed by atoms with Crippen molar-refractivity contribution < 1.29 is 26.9 Å². The summed E-state index contributed by atoms with van der Waals surface area (Å²) < 4.78 is 44.2. The van der Waals surface area contributed by atoms with Gasteiger partial charge in [0.2, 0.25) is 0 Å². The minimum absolute atomic E-state index is 0.0485. The zero-order valence-electron chi connectivity index (χ0n) is 14.2. The van der Waals surface area contributed by atoms with Gasteiger partial charge < -0.3 is 14.3 Å². The second-order valence-electron chi connectivity index (χ2n) is 6.42. The van der Waals surface area contributed by atoms with E-state index in [1.807, 2.05) is 0 Å². The van der Waals surface area contributed by atoms with Crippen molar-refractivity contribution in [1.82, 2.24) is 4.98 Å². The number of aromatic amines is 1. The van der Waals surface area contributed by atoms with Crippen LogP contribution >= 0.6 is 0 Å². The third-order valence-electron chi connectivity index (χ3n) is 4.75. The van der Waals surface area contributed by atoms with E-state index < -0.39 is 26.8 Å². The number of aromatic carboxylic acids is 1. The highest BCUT2D eigenvalue weighted by atomic mass is 32.2. The van der Waals surface area contributed by atoms with Crippen LogP contribution in [-0.2, 0) is 23.0 Å². The van der Waals surface area contributed by atoms with Crippen molar-refractivity contribution in [1.29, 1.82) is 0 Å². The molecule has 0 spiro atoms. The lowest BCUT2D eigenvalue weighted by molar-refractivity contribution is 0.0699. The number of fused-ring (bicyclic) bond motifs is 3. The molecule has 0 saturated carbocycles. The van der Waals surface area contributed by atoms with E-state index in [-0.39, 0.29) is 11.3 Å². The first-order valence-electron chi connectivity index (χ1n) is 8.47. The van der Waals surface area contributed by atoms with Gasteiger partial charge in [0.25, 0.3) is 0 Å². The Morgan fingerprint density at radius 1 is 1.11 bits per heavy atom. The van der Waals surface area contributed by atoms with Gasteiger partial charge in [-0.15, -0.1) is 0 Å². The van der Waals surface area contributed by atoms with Crippen molar-refractivity contribution in [2.24, 2.45) is 0 Å². The van der Waals surface area contributed by atoms with E-state index in [1.165, 1.54) is 24.3 Å². The fraction of sp³-hybridized carbons (Fsp3) is 0.211. The lowest BCUT2D eigenvalue weighted by atomic mass is 9.93. The minimum atomic E-state index is -4.41. The Bertz CT molecular complexity index is 1170. The summed E-state index contributed by atoms with van der Waals surface area (Å²) in [5.41, 5.74) is 2.15. The molecule has 140 valence electrons. The number of carboxylic acid groups (broad SMARTS) is 1. The van der Waals surface area contributed by atoms with Crippen LogP contribution in [0.1, 0.15) is 34.5 Å². The lowest BCUT2D eigenvalue weighted by Gasteiger charge is -2.12. The Balaban J connectivity index is 1.88. The molecule has 8 heteroatoms. The molecular weight excluding hydrogens is 373 g/mol. The summed E-state index contributed by atoms with van der Waals surface area (Å²) in [6, 6.07) is 7.54. The highest BCUT2D eigenvalue weighted by Crippen LogP contribution is 2.37. The van der Waals surface area contributed by atoms with Crippen LogP contribution in [-0.4, -0.2) is 24.5 Å². The molecule has 0 unspecified atom stereocenters. The van der Waals surface area contributed by atoms with Crippen LogP contribution in [0.4, 0.5) is 4.39 Å². The Hall–Kier alpha value is -2.87. The number of benzene rings is 2. The van der Waals surface area contributed by atoms with Gasteiger partial charge in [-0.25, -0.2) is 9.18 Å². The van der Waals surface area contributed by atoms with E-state index in [0.717, 1.165) is 42.7 Å². The van der Waals surface area contributed by atoms with Gasteiger partial charge in [0.1, 0.15) is 10.7 Å². The molecule has 4 rings (SSSR count). The molecule has 27 heavy (non-hydrogen) atoms. The Kier molecular flexibility index (Phi) is 4.15. The van der Waals surface area contributed by atoms with Crippen molar-refractivity contribution in [3.8, 4) is 5.75 Å². The first-order valence-corrected chi connectivity index (χ1v) is 9.88. The molecule has 1 aromatic heterocycles. The summed E-state index contributed by atoms with van der Waals surface area (Å²) in [5, 5.41) is 9.97. The standard InChI is InChI=1S/C19H16FNO5S/c20-13-6-2-4-8-16(13)27(24,25)26-15-10-9-12(19(22)23)17-11-5-1-3-7-14(11)21-18(15)17/h2,4,6,8-10,21H,1,3,5,7H2,(H,22,23). The van der Waals surface area contributed by atoms with Crippen LogP contribution in [0.25, 0.3) is 10.9 Å². The molecule has 1 aliphatic carbocycles. The van der Waals surface area contributed by atoms with E-state index in [9.17, 15) is 22.7 Å². The van der Waals surface area contributed by atoms with Crippen molar-refractivity contribution >= 4 is 27.0 Å². The number of carboxylic acids is 1.